The Morgan fingerprint density at radius 1 is 0.975 bits per heavy atom. The van der Waals surface area contributed by atoms with E-state index in [1.54, 1.807) is 42.7 Å². The van der Waals surface area contributed by atoms with Crippen LogP contribution in [0.5, 0.6) is 5.75 Å². The molecule has 1 atom stereocenters. The van der Waals surface area contributed by atoms with Crippen LogP contribution in [0, 0.1) is 0 Å². The van der Waals surface area contributed by atoms with Crippen molar-refractivity contribution in [3.05, 3.63) is 93.8 Å². The molecule has 2 amide bonds. The number of primary amides is 1. The topological polar surface area (TPSA) is 133 Å². The monoisotopic (exact) mass is 570 g/mol. The molecule has 0 aliphatic carbocycles. The maximum atomic E-state index is 12.4. The smallest absolute Gasteiger partial charge is 0.406 e. The Hall–Kier alpha value is -4.39. The summed E-state index contributed by atoms with van der Waals surface area (Å²) in [6.45, 7) is 0. The van der Waals surface area contributed by atoms with E-state index in [1.165, 1.54) is 29.5 Å². The second-order valence-electron chi connectivity index (χ2n) is 8.80. The van der Waals surface area contributed by atoms with E-state index in [0.717, 1.165) is 29.8 Å². The number of carbonyl (C=O) groups is 2. The van der Waals surface area contributed by atoms with E-state index in [0.29, 0.717) is 28.5 Å². The summed E-state index contributed by atoms with van der Waals surface area (Å²) in [5, 5.41) is 12.3. The minimum Gasteiger partial charge on any atom is -0.406 e. The standard InChI is InChI=1S/C27H25F3N6O3S/c28-27(29,30)39-19-8-5-7-18(14-19)15-22(37)34-21-12-11-17(16-33-21)6-1-2-10-23-35-36-26(40-23)24(25(31)38)20-9-3-4-13-32-20/h3-5,7-9,11-14,16,24H,1-2,6,10,15H2,(H2,31,38)(H,33,34,37). The van der Waals surface area contributed by atoms with E-state index in [-0.39, 0.29) is 12.2 Å². The minimum absolute atomic E-state index is 0.131. The third-order valence-corrected chi connectivity index (χ3v) is 6.74. The molecule has 0 bridgehead atoms. The summed E-state index contributed by atoms with van der Waals surface area (Å²) in [6, 6.07) is 14.1. The van der Waals surface area contributed by atoms with Crippen molar-refractivity contribution in [2.45, 2.75) is 44.4 Å². The number of unbranched alkanes of at least 4 members (excludes halogenated alkanes) is 1. The highest BCUT2D eigenvalue weighted by Gasteiger charge is 2.31. The zero-order chi connectivity index (χ0) is 28.5. The van der Waals surface area contributed by atoms with Gasteiger partial charge in [-0.2, -0.15) is 0 Å². The summed E-state index contributed by atoms with van der Waals surface area (Å²) < 4.78 is 41.1. The molecule has 1 aromatic carbocycles. The van der Waals surface area contributed by atoms with E-state index in [4.69, 9.17) is 5.73 Å². The van der Waals surface area contributed by atoms with Crippen LogP contribution < -0.4 is 15.8 Å². The van der Waals surface area contributed by atoms with Gasteiger partial charge in [0.2, 0.25) is 11.8 Å². The number of amides is 2. The fourth-order valence-electron chi connectivity index (χ4n) is 3.90. The van der Waals surface area contributed by atoms with E-state index >= 15 is 0 Å². The minimum atomic E-state index is -4.80. The molecule has 4 rings (SSSR count). The molecule has 208 valence electrons. The van der Waals surface area contributed by atoms with Crippen molar-refractivity contribution < 1.29 is 27.5 Å². The highest BCUT2D eigenvalue weighted by Crippen LogP contribution is 2.27. The highest BCUT2D eigenvalue weighted by atomic mass is 32.1. The first-order chi connectivity index (χ1) is 19.2. The van der Waals surface area contributed by atoms with Crippen LogP contribution >= 0.6 is 11.3 Å². The first-order valence-electron chi connectivity index (χ1n) is 12.3. The molecular formula is C27H25F3N6O3S. The van der Waals surface area contributed by atoms with Gasteiger partial charge < -0.3 is 15.8 Å². The molecule has 3 aromatic heterocycles. The maximum Gasteiger partial charge on any atom is 0.573 e. The summed E-state index contributed by atoms with van der Waals surface area (Å²) in [7, 11) is 0. The molecular weight excluding hydrogens is 545 g/mol. The highest BCUT2D eigenvalue weighted by molar-refractivity contribution is 7.11. The third kappa shape index (κ3) is 8.56. The van der Waals surface area contributed by atoms with E-state index in [1.807, 2.05) is 6.07 Å². The van der Waals surface area contributed by atoms with Gasteiger partial charge in [-0.05, 0) is 60.7 Å². The number of aromatic nitrogens is 4. The van der Waals surface area contributed by atoms with Gasteiger partial charge in [-0.3, -0.25) is 14.6 Å². The quantitative estimate of drug-likeness (QED) is 0.238. The Labute approximate surface area is 231 Å². The number of carbonyl (C=O) groups excluding carboxylic acids is 2. The average Bonchev–Trinajstić information content (AvgIpc) is 3.35. The summed E-state index contributed by atoms with van der Waals surface area (Å²) in [5.41, 5.74) is 7.48. The van der Waals surface area contributed by atoms with E-state index in [2.05, 4.69) is 30.2 Å². The number of rotatable bonds is 12. The lowest BCUT2D eigenvalue weighted by molar-refractivity contribution is -0.274. The van der Waals surface area contributed by atoms with Crippen LogP contribution in [0.3, 0.4) is 0 Å². The SMILES string of the molecule is NC(=O)C(c1ccccn1)c1nnc(CCCCc2ccc(NC(=O)Cc3cccc(OC(F)(F)F)c3)nc2)s1. The van der Waals surface area contributed by atoms with Gasteiger partial charge in [0, 0.05) is 18.8 Å². The van der Waals surface area contributed by atoms with Crippen molar-refractivity contribution in [2.24, 2.45) is 5.73 Å². The number of hydrogen-bond donors (Lipinski definition) is 2. The molecule has 0 spiro atoms. The summed E-state index contributed by atoms with van der Waals surface area (Å²) in [5.74, 6) is -1.72. The first-order valence-corrected chi connectivity index (χ1v) is 13.1. The molecule has 0 aliphatic rings. The van der Waals surface area contributed by atoms with Crippen LogP contribution in [0.25, 0.3) is 0 Å². The molecule has 0 saturated carbocycles. The molecule has 3 N–H and O–H groups in total. The Morgan fingerprint density at radius 3 is 2.50 bits per heavy atom. The van der Waals surface area contributed by atoms with Crippen LogP contribution in [0.4, 0.5) is 19.0 Å². The fourth-order valence-corrected chi connectivity index (χ4v) is 4.91. The van der Waals surface area contributed by atoms with E-state index < -0.39 is 24.1 Å². The molecule has 13 heteroatoms. The van der Waals surface area contributed by atoms with Crippen molar-refractivity contribution in [3.63, 3.8) is 0 Å². The molecule has 0 fully saturated rings. The zero-order valence-corrected chi connectivity index (χ0v) is 21.9. The van der Waals surface area contributed by atoms with Gasteiger partial charge in [-0.15, -0.1) is 34.7 Å². The second-order valence-corrected chi connectivity index (χ2v) is 9.90. The van der Waals surface area contributed by atoms with E-state index in [9.17, 15) is 22.8 Å². The predicted octanol–water partition coefficient (Wildman–Crippen LogP) is 4.59. The number of aryl methyl sites for hydroxylation is 2. The lowest BCUT2D eigenvalue weighted by Crippen LogP contribution is -2.23. The summed E-state index contributed by atoms with van der Waals surface area (Å²) in [4.78, 5) is 32.8. The van der Waals surface area contributed by atoms with Crippen molar-refractivity contribution in [1.82, 2.24) is 20.2 Å². The number of alkyl halides is 3. The van der Waals surface area contributed by atoms with Gasteiger partial charge in [0.1, 0.15) is 27.5 Å². The van der Waals surface area contributed by atoms with Gasteiger partial charge >= 0.3 is 6.36 Å². The second kappa shape index (κ2) is 13.1. The van der Waals surface area contributed by atoms with Crippen LogP contribution in [0.1, 0.15) is 45.6 Å². The molecule has 4 aromatic rings. The first kappa shape index (κ1) is 28.6. The number of nitrogens with zero attached hydrogens (tertiary/aromatic N) is 4. The van der Waals surface area contributed by atoms with Crippen LogP contribution in [-0.4, -0.2) is 38.3 Å². The lowest BCUT2D eigenvalue weighted by Gasteiger charge is -2.10. The van der Waals surface area contributed by atoms with Gasteiger partial charge in [-0.1, -0.05) is 24.3 Å². The maximum absolute atomic E-state index is 12.4. The predicted molar refractivity (Wildman–Crippen MR) is 142 cm³/mol. The van der Waals surface area contributed by atoms with Gasteiger partial charge in [-0.25, -0.2) is 4.98 Å². The molecule has 9 nitrogen and oxygen atoms in total. The number of ether oxygens (including phenoxy) is 1. The average molecular weight is 571 g/mol. The van der Waals surface area contributed by atoms with Crippen LogP contribution in [0.15, 0.2) is 67.0 Å². The largest absolute Gasteiger partial charge is 0.573 e. The Balaban J connectivity index is 1.22. The molecule has 0 radical (unpaired) electrons. The number of nitrogens with one attached hydrogen (secondary N) is 1. The van der Waals surface area contributed by atoms with Gasteiger partial charge in [0.05, 0.1) is 12.1 Å². The van der Waals surface area contributed by atoms with Gasteiger partial charge in [0.25, 0.3) is 0 Å². The van der Waals surface area contributed by atoms with Crippen molar-refractivity contribution in [3.8, 4) is 5.75 Å². The van der Waals surface area contributed by atoms with Crippen LogP contribution in [0.2, 0.25) is 0 Å². The number of benzene rings is 1. The van der Waals surface area contributed by atoms with Gasteiger partial charge in [0.15, 0.2) is 0 Å². The fraction of sp³-hybridized carbons (Fsp3) is 0.259. The zero-order valence-electron chi connectivity index (χ0n) is 21.1. The summed E-state index contributed by atoms with van der Waals surface area (Å²) in [6.07, 6.45) is 1.49. The number of pyridine rings is 2. The van der Waals surface area contributed by atoms with Crippen LogP contribution in [-0.2, 0) is 28.9 Å². The Bertz CT molecular complexity index is 1430. The van der Waals surface area contributed by atoms with Crippen molar-refractivity contribution in [1.29, 1.82) is 0 Å². The number of halogens is 3. The molecule has 1 unspecified atom stereocenters. The normalized spacial score (nSPS) is 12.1. The third-order valence-electron chi connectivity index (χ3n) is 5.69. The molecule has 3 heterocycles. The Morgan fingerprint density at radius 2 is 1.80 bits per heavy atom. The number of hydrogen-bond acceptors (Lipinski definition) is 8. The number of anilines is 1. The Kier molecular flexibility index (Phi) is 9.38. The lowest BCUT2D eigenvalue weighted by atomic mass is 10.1. The van der Waals surface area contributed by atoms with Crippen molar-refractivity contribution >= 4 is 29.0 Å². The number of nitrogens with two attached hydrogens (primary N) is 1. The van der Waals surface area contributed by atoms with Crippen molar-refractivity contribution in [2.75, 3.05) is 5.32 Å². The molecule has 0 aliphatic heterocycles. The molecule has 0 saturated heterocycles. The molecule has 40 heavy (non-hydrogen) atoms. The summed E-state index contributed by atoms with van der Waals surface area (Å²) >= 11 is 1.35.